The lowest BCUT2D eigenvalue weighted by Gasteiger charge is -2.24. The molecule has 11 heteroatoms. The van der Waals surface area contributed by atoms with Gasteiger partial charge in [0, 0.05) is 0 Å². The summed E-state index contributed by atoms with van der Waals surface area (Å²) >= 11 is 0. The number of unbranched alkanes of at least 4 members (excludes halogenated alkanes) is 1. The molecule has 0 heterocycles. The number of carbonyl (C=O) groups excluding carboxylic acids is 3. The molecule has 28 heavy (non-hydrogen) atoms. The monoisotopic (exact) mass is 403 g/mol. The minimum atomic E-state index is -1.19. The predicted octanol–water partition coefficient (Wildman–Crippen LogP) is -2.35. The zero-order valence-corrected chi connectivity index (χ0v) is 16.6. The topological polar surface area (TPSA) is 197 Å². The smallest absolute Gasteiger partial charge is 0.326 e. The van der Waals surface area contributed by atoms with Crippen LogP contribution in [0.4, 0.5) is 0 Å². The van der Waals surface area contributed by atoms with Crippen molar-refractivity contribution in [1.82, 2.24) is 16.0 Å². The molecule has 0 spiro atoms. The van der Waals surface area contributed by atoms with Crippen LogP contribution in [0.5, 0.6) is 0 Å². The number of rotatable bonds is 13. The predicted molar refractivity (Wildman–Crippen MR) is 102 cm³/mol. The van der Waals surface area contributed by atoms with Crippen molar-refractivity contribution in [3.05, 3.63) is 0 Å². The summed E-state index contributed by atoms with van der Waals surface area (Å²) < 4.78 is 0. The first-order valence-corrected chi connectivity index (χ1v) is 9.25. The van der Waals surface area contributed by atoms with Gasteiger partial charge < -0.3 is 37.6 Å². The molecule has 0 aromatic rings. The van der Waals surface area contributed by atoms with Gasteiger partial charge in [0.1, 0.15) is 18.1 Å². The van der Waals surface area contributed by atoms with Crippen LogP contribution in [0, 0.1) is 5.92 Å². The quantitative estimate of drug-likeness (QED) is 0.166. The Kier molecular flexibility index (Phi) is 12.0. The number of amides is 3. The van der Waals surface area contributed by atoms with Crippen molar-refractivity contribution < 1.29 is 29.4 Å². The van der Waals surface area contributed by atoms with E-state index in [1.165, 1.54) is 6.92 Å². The van der Waals surface area contributed by atoms with Gasteiger partial charge in [-0.1, -0.05) is 13.8 Å². The second kappa shape index (κ2) is 13.0. The van der Waals surface area contributed by atoms with E-state index in [4.69, 9.17) is 16.6 Å². The molecule has 9 N–H and O–H groups in total. The van der Waals surface area contributed by atoms with Crippen LogP contribution in [0.3, 0.4) is 0 Å². The summed E-state index contributed by atoms with van der Waals surface area (Å²) in [6, 6.07) is -3.23. The largest absolute Gasteiger partial charge is 0.480 e. The van der Waals surface area contributed by atoms with Gasteiger partial charge in [-0.15, -0.1) is 0 Å². The summed E-state index contributed by atoms with van der Waals surface area (Å²) in [4.78, 5) is 47.4. The van der Waals surface area contributed by atoms with E-state index in [1.54, 1.807) is 13.8 Å². The Bertz CT molecular complexity index is 540. The molecule has 0 aromatic carbocycles. The Hall–Kier alpha value is -2.24. The highest BCUT2D eigenvalue weighted by Crippen LogP contribution is 2.04. The van der Waals surface area contributed by atoms with Gasteiger partial charge in [-0.3, -0.25) is 14.4 Å². The van der Waals surface area contributed by atoms with Gasteiger partial charge in [-0.05, 0) is 38.6 Å². The van der Waals surface area contributed by atoms with E-state index in [0.717, 1.165) is 0 Å². The second-order valence-corrected chi connectivity index (χ2v) is 6.96. The maximum atomic E-state index is 12.3. The Labute approximate surface area is 164 Å². The molecular weight excluding hydrogens is 370 g/mol. The van der Waals surface area contributed by atoms with Crippen LogP contribution in [0.25, 0.3) is 0 Å². The van der Waals surface area contributed by atoms with Gasteiger partial charge in [0.25, 0.3) is 0 Å². The number of carbonyl (C=O) groups is 4. The lowest BCUT2D eigenvalue weighted by atomic mass is 10.0. The van der Waals surface area contributed by atoms with Gasteiger partial charge in [0.2, 0.25) is 17.7 Å². The van der Waals surface area contributed by atoms with Crippen molar-refractivity contribution in [2.24, 2.45) is 17.4 Å². The summed E-state index contributed by atoms with van der Waals surface area (Å²) in [6.45, 7) is 4.72. The first kappa shape index (κ1) is 25.8. The fourth-order valence-electron chi connectivity index (χ4n) is 2.28. The van der Waals surface area contributed by atoms with Crippen LogP contribution < -0.4 is 27.4 Å². The normalized spacial score (nSPS) is 15.2. The fourth-order valence-corrected chi connectivity index (χ4v) is 2.28. The Morgan fingerprint density at radius 3 is 2.07 bits per heavy atom. The first-order chi connectivity index (χ1) is 13.0. The molecule has 0 aliphatic carbocycles. The summed E-state index contributed by atoms with van der Waals surface area (Å²) in [5.74, 6) is -3.46. The molecule has 0 fully saturated rings. The van der Waals surface area contributed by atoms with Crippen molar-refractivity contribution in [2.45, 2.75) is 64.3 Å². The zero-order chi connectivity index (χ0) is 21.9. The van der Waals surface area contributed by atoms with Crippen molar-refractivity contribution in [3.8, 4) is 0 Å². The van der Waals surface area contributed by atoms with Crippen LogP contribution in [0.2, 0.25) is 0 Å². The van der Waals surface area contributed by atoms with Gasteiger partial charge in [-0.2, -0.15) is 0 Å². The molecule has 0 saturated carbocycles. The lowest BCUT2D eigenvalue weighted by Crippen LogP contribution is -2.57. The Morgan fingerprint density at radius 2 is 1.61 bits per heavy atom. The highest BCUT2D eigenvalue weighted by atomic mass is 16.4. The molecule has 0 radical (unpaired) electrons. The van der Waals surface area contributed by atoms with Crippen LogP contribution in [-0.2, 0) is 19.2 Å². The lowest BCUT2D eigenvalue weighted by molar-refractivity contribution is -0.142. The van der Waals surface area contributed by atoms with E-state index in [1.807, 2.05) is 0 Å². The molecule has 0 rings (SSSR count). The van der Waals surface area contributed by atoms with E-state index in [9.17, 15) is 24.3 Å². The summed E-state index contributed by atoms with van der Waals surface area (Å²) in [5.41, 5.74) is 10.9. The maximum Gasteiger partial charge on any atom is 0.326 e. The maximum absolute atomic E-state index is 12.3. The number of carboxylic acids is 1. The third-order valence-electron chi connectivity index (χ3n) is 4.07. The number of aliphatic hydroxyl groups is 1. The summed E-state index contributed by atoms with van der Waals surface area (Å²) in [5, 5.41) is 25.7. The van der Waals surface area contributed by atoms with Crippen LogP contribution >= 0.6 is 0 Å². The first-order valence-electron chi connectivity index (χ1n) is 9.25. The molecule has 4 unspecified atom stereocenters. The highest BCUT2D eigenvalue weighted by Gasteiger charge is 2.28. The SMILES string of the molecule is CC(C)C(NC(=O)C(N)C(C)O)C(=O)NCC(=O)NC(CCCCN)C(=O)O. The molecular formula is C17H33N5O6. The number of nitrogens with two attached hydrogens (primary N) is 2. The van der Waals surface area contributed by atoms with Crippen molar-refractivity contribution in [1.29, 1.82) is 0 Å². The van der Waals surface area contributed by atoms with Gasteiger partial charge >= 0.3 is 5.97 Å². The number of aliphatic carboxylic acids is 1. The van der Waals surface area contributed by atoms with Gasteiger partial charge in [-0.25, -0.2) is 4.79 Å². The fraction of sp³-hybridized carbons (Fsp3) is 0.765. The number of nitrogens with one attached hydrogen (secondary N) is 3. The molecule has 0 aromatic heterocycles. The number of hydrogen-bond acceptors (Lipinski definition) is 7. The molecule has 162 valence electrons. The van der Waals surface area contributed by atoms with Crippen molar-refractivity contribution in [3.63, 3.8) is 0 Å². The van der Waals surface area contributed by atoms with Crippen molar-refractivity contribution in [2.75, 3.05) is 13.1 Å². The molecule has 0 aliphatic rings. The molecule has 0 aliphatic heterocycles. The third-order valence-corrected chi connectivity index (χ3v) is 4.07. The number of aliphatic hydroxyl groups excluding tert-OH is 1. The molecule has 4 atom stereocenters. The zero-order valence-electron chi connectivity index (χ0n) is 16.6. The van der Waals surface area contributed by atoms with Gasteiger partial charge in [0.15, 0.2) is 0 Å². The molecule has 3 amide bonds. The third kappa shape index (κ3) is 9.62. The van der Waals surface area contributed by atoms with Crippen molar-refractivity contribution >= 4 is 23.7 Å². The summed E-state index contributed by atoms with van der Waals surface area (Å²) in [7, 11) is 0. The standard InChI is InChI=1S/C17H33N5O6/c1-9(2)14(22-15(25)13(19)10(3)23)16(26)20-8-12(24)21-11(17(27)28)6-4-5-7-18/h9-11,13-14,23H,4-8,18-19H2,1-3H3,(H,20,26)(H,21,24)(H,22,25)(H,27,28). The van der Waals surface area contributed by atoms with E-state index in [2.05, 4.69) is 16.0 Å². The molecule has 11 nitrogen and oxygen atoms in total. The second-order valence-electron chi connectivity index (χ2n) is 6.96. The van der Waals surface area contributed by atoms with Crippen LogP contribution in [-0.4, -0.2) is 71.2 Å². The van der Waals surface area contributed by atoms with Crippen LogP contribution in [0.1, 0.15) is 40.0 Å². The average molecular weight is 403 g/mol. The van der Waals surface area contributed by atoms with E-state index < -0.39 is 54.5 Å². The van der Waals surface area contributed by atoms with Gasteiger partial charge in [0.05, 0.1) is 12.6 Å². The summed E-state index contributed by atoms with van der Waals surface area (Å²) in [6.07, 6.45) is 0.328. The number of hydrogen-bond donors (Lipinski definition) is 7. The number of carboxylic acid groups (broad SMARTS) is 1. The van der Waals surface area contributed by atoms with E-state index in [0.29, 0.717) is 19.4 Å². The Morgan fingerprint density at radius 1 is 1.00 bits per heavy atom. The molecule has 0 bridgehead atoms. The Balaban J connectivity index is 4.69. The van der Waals surface area contributed by atoms with E-state index in [-0.39, 0.29) is 12.3 Å². The average Bonchev–Trinajstić information content (AvgIpc) is 2.61. The minimum absolute atomic E-state index is 0.230. The van der Waals surface area contributed by atoms with E-state index >= 15 is 0 Å². The van der Waals surface area contributed by atoms with Crippen LogP contribution in [0.15, 0.2) is 0 Å². The molecule has 0 saturated heterocycles. The minimum Gasteiger partial charge on any atom is -0.480 e. The highest BCUT2D eigenvalue weighted by molar-refractivity contribution is 5.92.